The fraction of sp³-hybridized carbons (Fsp3) is 0.472. The maximum absolute atomic E-state index is 13.1. The molecule has 0 spiro atoms. The number of nitrogens with one attached hydrogen (secondary N) is 2. The molecule has 7 rings (SSSR count). The summed E-state index contributed by atoms with van der Waals surface area (Å²) in [6.45, 7) is 16.5. The molecule has 5 heterocycles. The largest absolute Gasteiger partial charge is 0.381 e. The third-order valence-electron chi connectivity index (χ3n) is 10.0. The van der Waals surface area contributed by atoms with Gasteiger partial charge in [-0.3, -0.25) is 14.6 Å². The molecule has 3 aliphatic rings. The summed E-state index contributed by atoms with van der Waals surface area (Å²) in [5.74, 6) is 0.365. The number of hydrogen-bond acceptors (Lipinski definition) is 7. The average Bonchev–Trinajstić information content (AvgIpc) is 3.74. The molecule has 45 heavy (non-hydrogen) atoms. The van der Waals surface area contributed by atoms with Crippen LogP contribution < -0.4 is 5.32 Å². The number of carbonyl (C=O) groups is 1. The Balaban J connectivity index is 1.12. The summed E-state index contributed by atoms with van der Waals surface area (Å²) < 4.78 is 11.0. The number of nitrogens with zero attached hydrogens (tertiary/aromatic N) is 4. The Bertz CT molecular complexity index is 1700. The van der Waals surface area contributed by atoms with Crippen LogP contribution in [0.25, 0.3) is 33.5 Å². The number of amides is 1. The third-order valence-corrected chi connectivity index (χ3v) is 10.0. The van der Waals surface area contributed by atoms with Crippen molar-refractivity contribution in [2.45, 2.75) is 40.2 Å². The standard InChI is InChI=1S/C36H44N6O3/c1-23-16-27(17-28-21-42(8-6-29(23)28)10-9-41-11-14-44-15-12-41)33-20-38-35-34(40-33)32(19-37-35)30-4-5-31(25(3)24(30)2)36(43)39-18-26-7-13-45-22-26/h4-5,16-17,19-20,26H,6-15,18,21-22H2,1-3H3,(H,37,38)(H,39,43). The van der Waals surface area contributed by atoms with Crippen LogP contribution in [0.5, 0.6) is 0 Å². The van der Waals surface area contributed by atoms with E-state index < -0.39 is 0 Å². The second kappa shape index (κ2) is 13.0. The van der Waals surface area contributed by atoms with Crippen molar-refractivity contribution in [2.75, 3.05) is 65.7 Å². The van der Waals surface area contributed by atoms with Gasteiger partial charge in [0.25, 0.3) is 5.91 Å². The lowest BCUT2D eigenvalue weighted by Crippen LogP contribution is -2.42. The number of morpholine rings is 1. The molecule has 2 aromatic carbocycles. The van der Waals surface area contributed by atoms with E-state index >= 15 is 0 Å². The predicted molar refractivity (Wildman–Crippen MR) is 176 cm³/mol. The van der Waals surface area contributed by atoms with Gasteiger partial charge in [0, 0.05) is 81.2 Å². The topological polar surface area (TPSA) is 95.6 Å². The Hall–Kier alpha value is -3.63. The zero-order valence-corrected chi connectivity index (χ0v) is 26.7. The Morgan fingerprint density at radius 1 is 1.00 bits per heavy atom. The molecule has 9 heteroatoms. The van der Waals surface area contributed by atoms with Crippen molar-refractivity contribution in [2.24, 2.45) is 5.92 Å². The number of ether oxygens (including phenoxy) is 2. The molecular weight excluding hydrogens is 564 g/mol. The lowest BCUT2D eigenvalue weighted by molar-refractivity contribution is 0.0326. The summed E-state index contributed by atoms with van der Waals surface area (Å²) in [5, 5.41) is 3.11. The second-order valence-corrected chi connectivity index (χ2v) is 12.9. The van der Waals surface area contributed by atoms with E-state index in [0.29, 0.717) is 18.0 Å². The fourth-order valence-corrected chi connectivity index (χ4v) is 7.10. The first-order chi connectivity index (χ1) is 21.9. The lowest BCUT2D eigenvalue weighted by atomic mass is 9.92. The molecular formula is C36H44N6O3. The molecule has 9 nitrogen and oxygen atoms in total. The fourth-order valence-electron chi connectivity index (χ4n) is 7.10. The van der Waals surface area contributed by atoms with Crippen LogP contribution in [-0.2, 0) is 22.4 Å². The van der Waals surface area contributed by atoms with Crippen LogP contribution in [0.1, 0.15) is 44.6 Å². The molecule has 0 aliphatic carbocycles. The van der Waals surface area contributed by atoms with Gasteiger partial charge in [-0.2, -0.15) is 0 Å². The number of aryl methyl sites for hydroxylation is 1. The number of fused-ring (bicyclic) bond motifs is 2. The average molecular weight is 609 g/mol. The summed E-state index contributed by atoms with van der Waals surface area (Å²) in [6, 6.07) is 8.57. The summed E-state index contributed by atoms with van der Waals surface area (Å²) in [4.78, 5) is 31.4. The van der Waals surface area contributed by atoms with Gasteiger partial charge in [0.2, 0.25) is 0 Å². The van der Waals surface area contributed by atoms with Gasteiger partial charge in [-0.1, -0.05) is 6.07 Å². The maximum Gasteiger partial charge on any atom is 0.251 e. The minimum absolute atomic E-state index is 0.0301. The van der Waals surface area contributed by atoms with Crippen molar-refractivity contribution < 1.29 is 14.3 Å². The van der Waals surface area contributed by atoms with Crippen LogP contribution in [0.4, 0.5) is 0 Å². The smallest absolute Gasteiger partial charge is 0.251 e. The summed E-state index contributed by atoms with van der Waals surface area (Å²) in [5.41, 5.74) is 12.6. The SMILES string of the molecule is Cc1cc(-c2cnc3[nH]cc(-c4ccc(C(=O)NCC5CCOC5)c(C)c4C)c3n2)cc2c1CCN(CCN1CCOCC1)C2. The number of H-pyrrole nitrogens is 1. The molecule has 2 aromatic heterocycles. The van der Waals surface area contributed by atoms with Crippen molar-refractivity contribution in [3.8, 4) is 22.4 Å². The maximum atomic E-state index is 13.1. The van der Waals surface area contributed by atoms with Crippen molar-refractivity contribution >= 4 is 17.1 Å². The molecule has 1 unspecified atom stereocenters. The second-order valence-electron chi connectivity index (χ2n) is 12.9. The van der Waals surface area contributed by atoms with Crippen molar-refractivity contribution in [3.05, 3.63) is 70.0 Å². The number of hydrogen-bond donors (Lipinski definition) is 2. The van der Waals surface area contributed by atoms with Crippen LogP contribution >= 0.6 is 0 Å². The van der Waals surface area contributed by atoms with Crippen LogP contribution in [-0.4, -0.2) is 96.4 Å². The van der Waals surface area contributed by atoms with Crippen molar-refractivity contribution in [1.82, 2.24) is 30.1 Å². The van der Waals surface area contributed by atoms with Crippen LogP contribution in [0, 0.1) is 26.7 Å². The summed E-state index contributed by atoms with van der Waals surface area (Å²) >= 11 is 0. The molecule has 236 valence electrons. The normalized spacial score (nSPS) is 19.2. The van der Waals surface area contributed by atoms with Crippen molar-refractivity contribution in [3.63, 3.8) is 0 Å². The highest BCUT2D eigenvalue weighted by Crippen LogP contribution is 2.34. The van der Waals surface area contributed by atoms with Crippen LogP contribution in [0.3, 0.4) is 0 Å². The highest BCUT2D eigenvalue weighted by molar-refractivity contribution is 5.98. The molecule has 0 saturated carbocycles. The van der Waals surface area contributed by atoms with E-state index in [9.17, 15) is 4.79 Å². The van der Waals surface area contributed by atoms with E-state index in [-0.39, 0.29) is 5.91 Å². The molecule has 2 fully saturated rings. The molecule has 3 aliphatic heterocycles. The molecule has 1 amide bonds. The Kier molecular flexibility index (Phi) is 8.68. The van der Waals surface area contributed by atoms with Gasteiger partial charge in [-0.25, -0.2) is 9.97 Å². The van der Waals surface area contributed by atoms with Crippen LogP contribution in [0.15, 0.2) is 36.7 Å². The zero-order chi connectivity index (χ0) is 30.9. The van der Waals surface area contributed by atoms with E-state index in [2.05, 4.69) is 46.1 Å². The van der Waals surface area contributed by atoms with Gasteiger partial charge in [0.1, 0.15) is 5.52 Å². The van der Waals surface area contributed by atoms with Crippen LogP contribution in [0.2, 0.25) is 0 Å². The number of aromatic amines is 1. The first kappa shape index (κ1) is 30.0. The molecule has 0 radical (unpaired) electrons. The molecule has 1 atom stereocenters. The predicted octanol–water partition coefficient (Wildman–Crippen LogP) is 4.67. The number of aromatic nitrogens is 3. The van der Waals surface area contributed by atoms with Gasteiger partial charge in [-0.05, 0) is 85.2 Å². The number of carbonyl (C=O) groups excluding carboxylic acids is 1. The lowest BCUT2D eigenvalue weighted by Gasteiger charge is -2.33. The van der Waals surface area contributed by atoms with E-state index in [1.807, 2.05) is 31.5 Å². The Labute approximate surface area is 265 Å². The van der Waals surface area contributed by atoms with E-state index in [0.717, 1.165) is 123 Å². The highest BCUT2D eigenvalue weighted by atomic mass is 16.5. The van der Waals surface area contributed by atoms with E-state index in [4.69, 9.17) is 19.4 Å². The molecule has 2 saturated heterocycles. The van der Waals surface area contributed by atoms with Gasteiger partial charge >= 0.3 is 0 Å². The first-order valence-corrected chi connectivity index (χ1v) is 16.4. The highest BCUT2D eigenvalue weighted by Gasteiger charge is 2.22. The van der Waals surface area contributed by atoms with Gasteiger partial charge in [-0.15, -0.1) is 0 Å². The Morgan fingerprint density at radius 3 is 2.67 bits per heavy atom. The van der Waals surface area contributed by atoms with E-state index in [1.165, 1.54) is 16.7 Å². The monoisotopic (exact) mass is 608 g/mol. The minimum atomic E-state index is -0.0301. The van der Waals surface area contributed by atoms with Gasteiger partial charge < -0.3 is 19.8 Å². The Morgan fingerprint density at radius 2 is 1.84 bits per heavy atom. The number of benzene rings is 2. The third kappa shape index (κ3) is 6.27. The first-order valence-electron chi connectivity index (χ1n) is 16.4. The van der Waals surface area contributed by atoms with Crippen molar-refractivity contribution in [1.29, 1.82) is 0 Å². The van der Waals surface area contributed by atoms with E-state index in [1.54, 1.807) is 0 Å². The summed E-state index contributed by atoms with van der Waals surface area (Å²) in [6.07, 6.45) is 5.95. The quantitative estimate of drug-likeness (QED) is 0.300. The molecule has 0 bridgehead atoms. The molecule has 4 aromatic rings. The molecule has 2 N–H and O–H groups in total. The van der Waals surface area contributed by atoms with Gasteiger partial charge in [0.05, 0.1) is 31.7 Å². The summed E-state index contributed by atoms with van der Waals surface area (Å²) in [7, 11) is 0. The van der Waals surface area contributed by atoms with Gasteiger partial charge in [0.15, 0.2) is 5.65 Å². The number of rotatable bonds is 8. The zero-order valence-electron chi connectivity index (χ0n) is 26.7. The minimum Gasteiger partial charge on any atom is -0.381 e.